The van der Waals surface area contributed by atoms with Gasteiger partial charge in [-0.2, -0.15) is 0 Å². The van der Waals surface area contributed by atoms with E-state index in [4.69, 9.17) is 9.47 Å². The highest BCUT2D eigenvalue weighted by atomic mass is 16.5. The first kappa shape index (κ1) is 18.3. The van der Waals surface area contributed by atoms with E-state index in [0.717, 1.165) is 37.3 Å². The van der Waals surface area contributed by atoms with E-state index in [1.807, 2.05) is 6.07 Å². The summed E-state index contributed by atoms with van der Waals surface area (Å²) in [5.41, 5.74) is 2.60. The number of hydrogen-bond acceptors (Lipinski definition) is 3. The van der Waals surface area contributed by atoms with Crippen LogP contribution >= 0.6 is 0 Å². The fourth-order valence-electron chi connectivity index (χ4n) is 2.58. The van der Waals surface area contributed by atoms with Gasteiger partial charge in [-0.3, -0.25) is 0 Å². The van der Waals surface area contributed by atoms with Gasteiger partial charge in [0.25, 0.3) is 0 Å². The summed E-state index contributed by atoms with van der Waals surface area (Å²) < 4.78 is 11.1. The van der Waals surface area contributed by atoms with Crippen molar-refractivity contribution in [2.75, 3.05) is 13.7 Å². The Morgan fingerprint density at radius 3 is 2.50 bits per heavy atom. The number of nitrogens with one attached hydrogen (secondary N) is 1. The Bertz CT molecular complexity index is 598. The number of methoxy groups -OCH3 is 1. The van der Waals surface area contributed by atoms with Crippen LogP contribution in [0.25, 0.3) is 0 Å². The largest absolute Gasteiger partial charge is 0.493 e. The predicted molar refractivity (Wildman–Crippen MR) is 99.8 cm³/mol. The van der Waals surface area contributed by atoms with E-state index in [2.05, 4.69) is 61.6 Å². The molecular weight excluding hydrogens is 298 g/mol. The Morgan fingerprint density at radius 1 is 1.00 bits per heavy atom. The van der Waals surface area contributed by atoms with Crippen molar-refractivity contribution in [2.24, 2.45) is 0 Å². The third-order valence-electron chi connectivity index (χ3n) is 4.05. The Labute approximate surface area is 146 Å². The first-order chi connectivity index (χ1) is 11.7. The van der Waals surface area contributed by atoms with Gasteiger partial charge in [0, 0.05) is 12.6 Å². The van der Waals surface area contributed by atoms with Crippen molar-refractivity contribution in [3.8, 4) is 11.5 Å². The summed E-state index contributed by atoms with van der Waals surface area (Å²) in [5.74, 6) is 1.62. The van der Waals surface area contributed by atoms with Gasteiger partial charge in [0.15, 0.2) is 11.5 Å². The SMILES string of the molecule is CCCOc1ccc(CN[C@@H](C)CCc2ccccc2)cc1OC. The molecule has 2 rings (SSSR count). The lowest BCUT2D eigenvalue weighted by Gasteiger charge is -2.15. The number of rotatable bonds is 10. The van der Waals surface area contributed by atoms with Gasteiger partial charge in [0.2, 0.25) is 0 Å². The molecule has 130 valence electrons. The minimum absolute atomic E-state index is 0.465. The number of ether oxygens (including phenoxy) is 2. The molecule has 0 aliphatic rings. The minimum Gasteiger partial charge on any atom is -0.493 e. The normalized spacial score (nSPS) is 12.0. The lowest BCUT2D eigenvalue weighted by molar-refractivity contribution is 0.294. The van der Waals surface area contributed by atoms with Crippen LogP contribution in [0.15, 0.2) is 48.5 Å². The van der Waals surface area contributed by atoms with Gasteiger partial charge in [-0.15, -0.1) is 0 Å². The maximum atomic E-state index is 5.70. The number of benzene rings is 2. The molecule has 2 aromatic rings. The molecule has 0 aromatic heterocycles. The maximum absolute atomic E-state index is 5.70. The van der Waals surface area contributed by atoms with Crippen LogP contribution in [0, 0.1) is 0 Å². The molecule has 0 fully saturated rings. The Morgan fingerprint density at radius 2 is 1.79 bits per heavy atom. The van der Waals surface area contributed by atoms with E-state index < -0.39 is 0 Å². The summed E-state index contributed by atoms with van der Waals surface area (Å²) in [7, 11) is 1.69. The molecule has 0 spiro atoms. The zero-order chi connectivity index (χ0) is 17.2. The van der Waals surface area contributed by atoms with Gasteiger partial charge in [-0.1, -0.05) is 43.3 Å². The molecule has 24 heavy (non-hydrogen) atoms. The molecule has 0 aliphatic heterocycles. The molecule has 2 aromatic carbocycles. The van der Waals surface area contributed by atoms with Gasteiger partial charge < -0.3 is 14.8 Å². The molecule has 1 N–H and O–H groups in total. The van der Waals surface area contributed by atoms with Crippen molar-refractivity contribution < 1.29 is 9.47 Å². The summed E-state index contributed by atoms with van der Waals surface area (Å²) >= 11 is 0. The molecule has 0 amide bonds. The van der Waals surface area contributed by atoms with Gasteiger partial charge in [-0.05, 0) is 49.4 Å². The van der Waals surface area contributed by atoms with Gasteiger partial charge >= 0.3 is 0 Å². The van der Waals surface area contributed by atoms with Crippen LogP contribution in [0.5, 0.6) is 11.5 Å². The van der Waals surface area contributed by atoms with Crippen LogP contribution in [0.3, 0.4) is 0 Å². The summed E-state index contributed by atoms with van der Waals surface area (Å²) in [6.07, 6.45) is 3.21. The second-order valence-corrected chi connectivity index (χ2v) is 6.14. The third-order valence-corrected chi connectivity index (χ3v) is 4.05. The summed E-state index contributed by atoms with van der Waals surface area (Å²) in [5, 5.41) is 3.59. The van der Waals surface area contributed by atoms with Crippen molar-refractivity contribution in [3.05, 3.63) is 59.7 Å². The highest BCUT2D eigenvalue weighted by Gasteiger charge is 2.07. The monoisotopic (exact) mass is 327 g/mol. The van der Waals surface area contributed by atoms with E-state index in [1.165, 1.54) is 11.1 Å². The van der Waals surface area contributed by atoms with E-state index in [-0.39, 0.29) is 0 Å². The van der Waals surface area contributed by atoms with E-state index in [0.29, 0.717) is 12.6 Å². The molecule has 1 atom stereocenters. The van der Waals surface area contributed by atoms with E-state index in [9.17, 15) is 0 Å². The molecule has 3 nitrogen and oxygen atoms in total. The van der Waals surface area contributed by atoms with Crippen molar-refractivity contribution >= 4 is 0 Å². The van der Waals surface area contributed by atoms with Gasteiger partial charge in [0.05, 0.1) is 13.7 Å². The van der Waals surface area contributed by atoms with E-state index in [1.54, 1.807) is 7.11 Å². The Kier molecular flexibility index (Phi) is 7.63. The first-order valence-corrected chi connectivity index (χ1v) is 8.80. The molecule has 0 saturated heterocycles. The third kappa shape index (κ3) is 5.89. The lowest BCUT2D eigenvalue weighted by atomic mass is 10.1. The van der Waals surface area contributed by atoms with Crippen LogP contribution in [0.4, 0.5) is 0 Å². The van der Waals surface area contributed by atoms with Gasteiger partial charge in [-0.25, -0.2) is 0 Å². The van der Waals surface area contributed by atoms with Gasteiger partial charge in [0.1, 0.15) is 0 Å². The standard InChI is InChI=1S/C21H29NO2/c1-4-14-24-20-13-12-19(15-21(20)23-3)16-22-17(2)10-11-18-8-6-5-7-9-18/h5-9,12-13,15,17,22H,4,10-11,14,16H2,1-3H3/t17-/m0/s1. The molecule has 0 saturated carbocycles. The zero-order valence-electron chi connectivity index (χ0n) is 15.0. The maximum Gasteiger partial charge on any atom is 0.161 e. The van der Waals surface area contributed by atoms with Crippen molar-refractivity contribution in [1.29, 1.82) is 0 Å². The molecule has 0 aliphatic carbocycles. The second kappa shape index (κ2) is 9.99. The van der Waals surface area contributed by atoms with Crippen LogP contribution in [0.2, 0.25) is 0 Å². The Hall–Kier alpha value is -2.00. The lowest BCUT2D eigenvalue weighted by Crippen LogP contribution is -2.26. The van der Waals surface area contributed by atoms with Crippen molar-refractivity contribution in [1.82, 2.24) is 5.32 Å². The molecule has 3 heteroatoms. The average molecular weight is 327 g/mol. The fraction of sp³-hybridized carbons (Fsp3) is 0.429. The zero-order valence-corrected chi connectivity index (χ0v) is 15.0. The van der Waals surface area contributed by atoms with Crippen LogP contribution < -0.4 is 14.8 Å². The first-order valence-electron chi connectivity index (χ1n) is 8.80. The molecule has 0 unspecified atom stereocenters. The summed E-state index contributed by atoms with van der Waals surface area (Å²) in [6, 6.07) is 17.3. The number of aryl methyl sites for hydroxylation is 1. The highest BCUT2D eigenvalue weighted by molar-refractivity contribution is 5.42. The van der Waals surface area contributed by atoms with Crippen molar-refractivity contribution in [2.45, 2.75) is 45.7 Å². The van der Waals surface area contributed by atoms with Crippen molar-refractivity contribution in [3.63, 3.8) is 0 Å². The quantitative estimate of drug-likeness (QED) is 0.692. The second-order valence-electron chi connectivity index (χ2n) is 6.14. The van der Waals surface area contributed by atoms with E-state index >= 15 is 0 Å². The van der Waals surface area contributed by atoms with Crippen LogP contribution in [-0.2, 0) is 13.0 Å². The number of hydrogen-bond donors (Lipinski definition) is 1. The molecule has 0 bridgehead atoms. The topological polar surface area (TPSA) is 30.5 Å². The Balaban J connectivity index is 1.82. The molecular formula is C21H29NO2. The average Bonchev–Trinajstić information content (AvgIpc) is 2.64. The summed E-state index contributed by atoms with van der Waals surface area (Å²) in [4.78, 5) is 0. The van der Waals surface area contributed by atoms with Crippen LogP contribution in [0.1, 0.15) is 37.8 Å². The molecule has 0 heterocycles. The minimum atomic E-state index is 0.465. The molecule has 0 radical (unpaired) electrons. The predicted octanol–water partition coefficient (Wildman–Crippen LogP) is 4.59. The highest BCUT2D eigenvalue weighted by Crippen LogP contribution is 2.28. The smallest absolute Gasteiger partial charge is 0.161 e. The summed E-state index contributed by atoms with van der Waals surface area (Å²) in [6.45, 7) is 5.88. The fourth-order valence-corrected chi connectivity index (χ4v) is 2.58. The van der Waals surface area contributed by atoms with Crippen LogP contribution in [-0.4, -0.2) is 19.8 Å².